The largest absolute Gasteiger partial charge is 0.444 e. The minimum atomic E-state index is -1.11. The van der Waals surface area contributed by atoms with E-state index in [9.17, 15) is 19.5 Å². The van der Waals surface area contributed by atoms with Crippen molar-refractivity contribution in [2.75, 3.05) is 26.2 Å². The molecule has 2 saturated carbocycles. The van der Waals surface area contributed by atoms with Crippen LogP contribution in [0.3, 0.4) is 0 Å². The van der Waals surface area contributed by atoms with Crippen LogP contribution in [-0.2, 0) is 20.8 Å². The minimum absolute atomic E-state index is 0.0937. The number of piperidine rings is 1. The van der Waals surface area contributed by atoms with Gasteiger partial charge in [0.05, 0.1) is 47.7 Å². The average Bonchev–Trinajstić information content (AvgIpc) is 3.94. The van der Waals surface area contributed by atoms with E-state index in [1.54, 1.807) is 15.5 Å². The van der Waals surface area contributed by atoms with Crippen LogP contribution in [0.5, 0.6) is 0 Å². The molecule has 258 valence electrons. The molecule has 3 aromatic rings. The molecule has 4 aliphatic rings. The molecule has 0 unspecified atom stereocenters. The molecule has 0 spiro atoms. The van der Waals surface area contributed by atoms with Gasteiger partial charge in [-0.2, -0.15) is 0 Å². The number of rotatable bonds is 6. The maximum absolute atomic E-state index is 13.7. The van der Waals surface area contributed by atoms with Crippen molar-refractivity contribution < 1.29 is 24.2 Å². The fourth-order valence-electron chi connectivity index (χ4n) is 7.52. The van der Waals surface area contributed by atoms with Gasteiger partial charge in [-0.15, -0.1) is 0 Å². The molecule has 11 nitrogen and oxygen atoms in total. The van der Waals surface area contributed by atoms with E-state index >= 15 is 0 Å². The van der Waals surface area contributed by atoms with Gasteiger partial charge in [0.2, 0.25) is 5.91 Å². The van der Waals surface area contributed by atoms with Gasteiger partial charge >= 0.3 is 6.09 Å². The van der Waals surface area contributed by atoms with Crippen LogP contribution in [0.15, 0.2) is 41.5 Å². The summed E-state index contributed by atoms with van der Waals surface area (Å²) in [4.78, 5) is 48.4. The number of ether oxygens (including phenoxy) is 2. The van der Waals surface area contributed by atoms with Gasteiger partial charge in [-0.3, -0.25) is 23.6 Å². The van der Waals surface area contributed by atoms with Gasteiger partial charge in [0, 0.05) is 18.8 Å². The third-order valence-electron chi connectivity index (χ3n) is 10.5. The summed E-state index contributed by atoms with van der Waals surface area (Å²) in [5, 5.41) is 12.1. The second-order valence-electron chi connectivity index (χ2n) is 16.0. The maximum atomic E-state index is 13.7. The van der Waals surface area contributed by atoms with Crippen molar-refractivity contribution in [2.45, 2.75) is 103 Å². The lowest BCUT2D eigenvalue weighted by atomic mass is 9.89. The maximum Gasteiger partial charge on any atom is 0.410 e. The molecule has 4 fully saturated rings. The molecule has 0 bridgehead atoms. The Balaban J connectivity index is 1.08. The number of aliphatic hydroxyl groups is 1. The first-order chi connectivity index (χ1) is 22.6. The summed E-state index contributed by atoms with van der Waals surface area (Å²) in [7, 11) is 0. The number of benzene rings is 1. The third-order valence-corrected chi connectivity index (χ3v) is 10.8. The van der Waals surface area contributed by atoms with E-state index in [0.717, 1.165) is 31.2 Å². The summed E-state index contributed by atoms with van der Waals surface area (Å²) in [6, 6.07) is 8.88. The molecular formula is C36H46ClN5O6. The van der Waals surface area contributed by atoms with Crippen LogP contribution in [0.2, 0.25) is 5.15 Å². The summed E-state index contributed by atoms with van der Waals surface area (Å²) in [5.41, 5.74) is -0.668. The molecule has 1 aromatic carbocycles. The zero-order valence-electron chi connectivity index (χ0n) is 28.5. The molecule has 12 heteroatoms. The number of carbonyl (C=O) groups is 2. The summed E-state index contributed by atoms with van der Waals surface area (Å²) >= 11 is 6.70. The zero-order valence-corrected chi connectivity index (χ0v) is 29.3. The van der Waals surface area contributed by atoms with Crippen LogP contribution in [-0.4, -0.2) is 84.1 Å². The van der Waals surface area contributed by atoms with E-state index in [-0.39, 0.29) is 29.5 Å². The Hall–Kier alpha value is -3.41. The van der Waals surface area contributed by atoms with Crippen LogP contribution in [0.1, 0.15) is 84.7 Å². The second-order valence-corrected chi connectivity index (χ2v) is 16.3. The van der Waals surface area contributed by atoms with Crippen LogP contribution in [0.25, 0.3) is 16.7 Å². The van der Waals surface area contributed by atoms with Gasteiger partial charge in [-0.25, -0.2) is 9.78 Å². The molecule has 1 atom stereocenters. The Morgan fingerprint density at radius 1 is 1.08 bits per heavy atom. The lowest BCUT2D eigenvalue weighted by Gasteiger charge is -2.44. The number of nitrogens with zero attached hydrogens (tertiary/aromatic N) is 5. The molecule has 0 radical (unpaired) electrons. The molecule has 2 aliphatic carbocycles. The van der Waals surface area contributed by atoms with E-state index in [1.807, 2.05) is 63.8 Å². The topological polar surface area (TPSA) is 119 Å². The fourth-order valence-corrected chi connectivity index (χ4v) is 7.81. The van der Waals surface area contributed by atoms with Gasteiger partial charge in [0.25, 0.3) is 5.56 Å². The van der Waals surface area contributed by atoms with Crippen molar-refractivity contribution in [1.29, 1.82) is 0 Å². The van der Waals surface area contributed by atoms with E-state index in [2.05, 4.69) is 4.98 Å². The molecule has 1 N–H and O–H groups in total. The van der Waals surface area contributed by atoms with E-state index in [0.29, 0.717) is 66.9 Å². The van der Waals surface area contributed by atoms with Crippen molar-refractivity contribution >= 4 is 34.6 Å². The number of fused-ring (bicyclic) bond motifs is 1. The fraction of sp³-hybridized carbons (Fsp3) is 0.611. The number of aromatic nitrogens is 3. The molecule has 48 heavy (non-hydrogen) atoms. The second kappa shape index (κ2) is 11.6. The minimum Gasteiger partial charge on any atom is -0.444 e. The molecule has 4 heterocycles. The summed E-state index contributed by atoms with van der Waals surface area (Å²) in [6.45, 7) is 11.2. The summed E-state index contributed by atoms with van der Waals surface area (Å²) in [5.74, 6) is 0.806. The summed E-state index contributed by atoms with van der Waals surface area (Å²) in [6.07, 6.45) is 6.19. The first-order valence-corrected chi connectivity index (χ1v) is 17.5. The standard InChI is InChI=1S/C36H46ClN5O6/c1-33(2,3)48-32(45)41-20-34(4,5)47-19-27(41)23-6-10-25(11-7-23)42-28(37)18-26-29(42)38-22-40(30(26)43)21-35(46)14-16-39(17-15-35)31(44)36(12-13-36)24-8-9-24/h6-7,10-11,18,22,24,27,46H,8-9,12-17,19-21H2,1-5H3/t27-/m1/s1. The van der Waals surface area contributed by atoms with Crippen molar-refractivity contribution in [1.82, 2.24) is 23.9 Å². The number of hydrogen-bond donors (Lipinski definition) is 1. The lowest BCUT2D eigenvalue weighted by molar-refractivity contribution is -0.142. The normalized spacial score (nSPS) is 23.3. The van der Waals surface area contributed by atoms with Crippen LogP contribution < -0.4 is 5.56 Å². The van der Waals surface area contributed by atoms with Crippen molar-refractivity contribution in [3.05, 3.63) is 57.7 Å². The molecule has 7 rings (SSSR count). The highest BCUT2D eigenvalue weighted by Crippen LogP contribution is 2.62. The predicted molar refractivity (Wildman–Crippen MR) is 181 cm³/mol. The Morgan fingerprint density at radius 2 is 1.75 bits per heavy atom. The van der Waals surface area contributed by atoms with Crippen LogP contribution in [0.4, 0.5) is 4.79 Å². The Kier molecular flexibility index (Phi) is 7.99. The predicted octanol–water partition coefficient (Wildman–Crippen LogP) is 5.47. The molecule has 2 saturated heterocycles. The average molecular weight is 680 g/mol. The Bertz CT molecular complexity index is 1790. The zero-order chi connectivity index (χ0) is 34.2. The third kappa shape index (κ3) is 6.25. The van der Waals surface area contributed by atoms with Crippen LogP contribution in [0, 0.1) is 11.3 Å². The van der Waals surface area contributed by atoms with Crippen LogP contribution >= 0.6 is 11.6 Å². The van der Waals surface area contributed by atoms with Gasteiger partial charge in [-0.1, -0.05) is 23.7 Å². The van der Waals surface area contributed by atoms with E-state index in [1.165, 1.54) is 10.9 Å². The number of morpholine rings is 1. The van der Waals surface area contributed by atoms with Gasteiger partial charge in [0.1, 0.15) is 17.1 Å². The van der Waals surface area contributed by atoms with Crippen molar-refractivity contribution in [3.8, 4) is 5.69 Å². The molecule has 2 amide bonds. The SMILES string of the molecule is CC(C)(C)OC(=O)N1CC(C)(C)OC[C@@H]1c1ccc(-n2c(Cl)cc3c(=O)n(CC4(O)CCN(C(=O)C5(C6CC6)CC5)CC4)cnc32)cc1. The quantitative estimate of drug-likeness (QED) is 0.367. The van der Waals surface area contributed by atoms with Gasteiger partial charge < -0.3 is 19.5 Å². The highest BCUT2D eigenvalue weighted by atomic mass is 35.5. The summed E-state index contributed by atoms with van der Waals surface area (Å²) < 4.78 is 15.0. The van der Waals surface area contributed by atoms with Crippen molar-refractivity contribution in [3.63, 3.8) is 0 Å². The first kappa shape index (κ1) is 33.1. The number of amides is 2. The number of hydrogen-bond acceptors (Lipinski definition) is 7. The van der Waals surface area contributed by atoms with E-state index < -0.39 is 22.9 Å². The van der Waals surface area contributed by atoms with E-state index in [4.69, 9.17) is 21.1 Å². The van der Waals surface area contributed by atoms with Crippen molar-refractivity contribution in [2.24, 2.45) is 11.3 Å². The lowest BCUT2D eigenvalue weighted by Crippen LogP contribution is -2.53. The molecule has 2 aliphatic heterocycles. The first-order valence-electron chi connectivity index (χ1n) is 17.1. The number of carbonyl (C=O) groups excluding carboxylic acids is 2. The highest BCUT2D eigenvalue weighted by molar-refractivity contribution is 6.31. The number of halogens is 1. The van der Waals surface area contributed by atoms with Gasteiger partial charge in [0.15, 0.2) is 5.65 Å². The monoisotopic (exact) mass is 679 g/mol. The Labute approximate surface area is 285 Å². The molecular weight excluding hydrogens is 634 g/mol. The Morgan fingerprint density at radius 3 is 2.35 bits per heavy atom. The number of likely N-dealkylation sites (tertiary alicyclic amines) is 1. The highest BCUT2D eigenvalue weighted by Gasteiger charge is 2.60. The van der Waals surface area contributed by atoms with Gasteiger partial charge in [-0.05, 0) is 103 Å². The molecule has 2 aromatic heterocycles. The smallest absolute Gasteiger partial charge is 0.410 e.